The van der Waals surface area contributed by atoms with Gasteiger partial charge in [-0.1, -0.05) is 20.8 Å². The number of thioether (sulfide) groups is 1. The molecule has 1 aliphatic rings. The number of hydrogen-bond acceptors (Lipinski definition) is 5. The van der Waals surface area contributed by atoms with E-state index in [0.29, 0.717) is 26.1 Å². The van der Waals surface area contributed by atoms with Crippen LogP contribution in [-0.2, 0) is 18.8 Å². The van der Waals surface area contributed by atoms with Crippen molar-refractivity contribution in [3.8, 4) is 0 Å². The highest BCUT2D eigenvalue weighted by atomic mass is 32.2. The van der Waals surface area contributed by atoms with Gasteiger partial charge in [0.25, 0.3) is 0 Å². The lowest BCUT2D eigenvalue weighted by Gasteiger charge is -2.38. The molecule has 0 unspecified atom stereocenters. The van der Waals surface area contributed by atoms with E-state index in [1.165, 1.54) is 0 Å². The van der Waals surface area contributed by atoms with Crippen LogP contribution in [0.3, 0.4) is 0 Å². The van der Waals surface area contributed by atoms with Crippen molar-refractivity contribution in [2.75, 3.05) is 31.2 Å². The first kappa shape index (κ1) is 23.0. The Morgan fingerprint density at radius 2 is 2.00 bits per heavy atom. The number of hydrogen-bond donors (Lipinski definition) is 2. The summed E-state index contributed by atoms with van der Waals surface area (Å²) >= 11 is 1.06. The third-order valence-electron chi connectivity index (χ3n) is 5.03. The van der Waals surface area contributed by atoms with Crippen molar-refractivity contribution in [1.82, 2.24) is 10.2 Å². The summed E-state index contributed by atoms with van der Waals surface area (Å²) in [7, 11) is -1.86. The van der Waals surface area contributed by atoms with Crippen LogP contribution in [-0.4, -0.2) is 73.4 Å². The Labute approximate surface area is 161 Å². The van der Waals surface area contributed by atoms with Gasteiger partial charge in [-0.05, 0) is 24.6 Å². The fourth-order valence-electron chi connectivity index (χ4n) is 2.39. The molecule has 1 rings (SSSR count). The fourth-order valence-corrected chi connectivity index (χ4v) is 4.00. The number of rotatable bonds is 10. The van der Waals surface area contributed by atoms with Gasteiger partial charge in [0.2, 0.25) is 11.8 Å². The van der Waals surface area contributed by atoms with Crippen LogP contribution in [0.15, 0.2) is 0 Å². The standard InChI is InChI=1S/C17H32N2O5SSi/c1-17(2,3)26(4,5)24-10-13-6-7-15(21)19(13)9-8-18-14(20)11-25-12-16(22)23/h13H,6-12H2,1-5H3,(H,18,20)(H,22,23)/t13-/m1/s1. The van der Waals surface area contributed by atoms with Crippen LogP contribution in [0.2, 0.25) is 18.1 Å². The summed E-state index contributed by atoms with van der Waals surface area (Å²) in [6.45, 7) is 12.3. The molecule has 1 aliphatic heterocycles. The second kappa shape index (κ2) is 9.75. The van der Waals surface area contributed by atoms with Gasteiger partial charge in [-0.15, -0.1) is 11.8 Å². The van der Waals surface area contributed by atoms with Gasteiger partial charge >= 0.3 is 5.97 Å². The first-order chi connectivity index (χ1) is 11.9. The van der Waals surface area contributed by atoms with Gasteiger partial charge < -0.3 is 19.7 Å². The van der Waals surface area contributed by atoms with Crippen molar-refractivity contribution in [3.63, 3.8) is 0 Å². The molecule has 1 fully saturated rings. The van der Waals surface area contributed by atoms with Gasteiger partial charge in [-0.3, -0.25) is 14.4 Å². The van der Waals surface area contributed by atoms with Crippen molar-refractivity contribution >= 4 is 37.9 Å². The monoisotopic (exact) mass is 404 g/mol. The molecular weight excluding hydrogens is 372 g/mol. The summed E-state index contributed by atoms with van der Waals surface area (Å²) in [5, 5.41) is 11.4. The van der Waals surface area contributed by atoms with Crippen LogP contribution in [0, 0.1) is 0 Å². The Morgan fingerprint density at radius 3 is 2.58 bits per heavy atom. The molecule has 0 saturated carbocycles. The van der Waals surface area contributed by atoms with Gasteiger partial charge in [-0.2, -0.15) is 0 Å². The summed E-state index contributed by atoms with van der Waals surface area (Å²) < 4.78 is 6.26. The molecule has 1 atom stereocenters. The highest BCUT2D eigenvalue weighted by Crippen LogP contribution is 2.37. The molecule has 0 aliphatic carbocycles. The number of carbonyl (C=O) groups is 3. The predicted octanol–water partition coefficient (Wildman–Crippen LogP) is 1.93. The zero-order chi connectivity index (χ0) is 20.0. The number of nitrogens with one attached hydrogen (secondary N) is 1. The summed E-state index contributed by atoms with van der Waals surface area (Å²) in [6.07, 6.45) is 1.31. The highest BCUT2D eigenvalue weighted by molar-refractivity contribution is 8.00. The Balaban J connectivity index is 2.40. The minimum Gasteiger partial charge on any atom is -0.481 e. The first-order valence-corrected chi connectivity index (χ1v) is 13.0. The summed E-state index contributed by atoms with van der Waals surface area (Å²) in [4.78, 5) is 36.0. The molecule has 0 spiro atoms. The topological polar surface area (TPSA) is 95.9 Å². The smallest absolute Gasteiger partial charge is 0.313 e. The minimum absolute atomic E-state index is 0.0647. The summed E-state index contributed by atoms with van der Waals surface area (Å²) in [6, 6.07) is 0.0647. The van der Waals surface area contributed by atoms with Crippen LogP contribution < -0.4 is 5.32 Å². The molecule has 0 bridgehead atoms. The van der Waals surface area contributed by atoms with E-state index in [1.54, 1.807) is 4.90 Å². The third-order valence-corrected chi connectivity index (χ3v) is 10.4. The van der Waals surface area contributed by atoms with Crippen LogP contribution in [0.5, 0.6) is 0 Å². The molecule has 2 N–H and O–H groups in total. The zero-order valence-corrected chi connectivity index (χ0v) is 18.3. The summed E-state index contributed by atoms with van der Waals surface area (Å²) in [5.74, 6) is -1.03. The highest BCUT2D eigenvalue weighted by Gasteiger charge is 2.39. The number of aliphatic carboxylic acids is 1. The van der Waals surface area contributed by atoms with E-state index < -0.39 is 14.3 Å². The zero-order valence-electron chi connectivity index (χ0n) is 16.5. The Kier molecular flexibility index (Phi) is 8.62. The average Bonchev–Trinajstić information content (AvgIpc) is 2.84. The van der Waals surface area contributed by atoms with Crippen molar-refractivity contribution in [3.05, 3.63) is 0 Å². The van der Waals surface area contributed by atoms with E-state index in [9.17, 15) is 14.4 Å². The van der Waals surface area contributed by atoms with Crippen molar-refractivity contribution in [1.29, 1.82) is 0 Å². The first-order valence-electron chi connectivity index (χ1n) is 8.93. The molecule has 0 radical (unpaired) electrons. The number of likely N-dealkylation sites (tertiary alicyclic amines) is 1. The molecule has 26 heavy (non-hydrogen) atoms. The molecule has 0 aromatic carbocycles. The van der Waals surface area contributed by atoms with Gasteiger partial charge in [-0.25, -0.2) is 0 Å². The van der Waals surface area contributed by atoms with Gasteiger partial charge in [0.15, 0.2) is 8.32 Å². The number of carbonyl (C=O) groups excluding carboxylic acids is 2. The molecule has 7 nitrogen and oxygen atoms in total. The second-order valence-corrected chi connectivity index (χ2v) is 13.9. The van der Waals surface area contributed by atoms with E-state index in [0.717, 1.165) is 18.2 Å². The molecule has 1 saturated heterocycles. The Bertz CT molecular complexity index is 522. The normalized spacial score (nSPS) is 18.3. The lowest BCUT2D eigenvalue weighted by molar-refractivity contribution is -0.134. The molecular formula is C17H32N2O5SSi. The molecule has 0 aromatic rings. The van der Waals surface area contributed by atoms with Crippen LogP contribution in [0.1, 0.15) is 33.6 Å². The van der Waals surface area contributed by atoms with Crippen LogP contribution >= 0.6 is 11.8 Å². The van der Waals surface area contributed by atoms with Gasteiger partial charge in [0.05, 0.1) is 24.2 Å². The molecule has 9 heteroatoms. The largest absolute Gasteiger partial charge is 0.481 e. The number of amides is 2. The minimum atomic E-state index is -1.86. The second-order valence-electron chi connectivity index (χ2n) is 8.09. The van der Waals surface area contributed by atoms with Crippen LogP contribution in [0.4, 0.5) is 0 Å². The van der Waals surface area contributed by atoms with E-state index in [4.69, 9.17) is 9.53 Å². The lowest BCUT2D eigenvalue weighted by Crippen LogP contribution is -2.46. The van der Waals surface area contributed by atoms with E-state index in [-0.39, 0.29) is 34.4 Å². The Morgan fingerprint density at radius 1 is 1.35 bits per heavy atom. The van der Waals surface area contributed by atoms with E-state index in [1.807, 2.05) is 0 Å². The predicted molar refractivity (Wildman–Crippen MR) is 106 cm³/mol. The number of nitrogens with zero attached hydrogens (tertiary/aromatic N) is 1. The number of carboxylic acids is 1. The van der Waals surface area contributed by atoms with E-state index >= 15 is 0 Å². The Hall–Kier alpha value is -1.06. The molecule has 0 aromatic heterocycles. The molecule has 1 heterocycles. The van der Waals surface area contributed by atoms with Gasteiger partial charge in [0, 0.05) is 19.5 Å². The molecule has 150 valence electrons. The maximum absolute atomic E-state index is 12.1. The van der Waals surface area contributed by atoms with Crippen molar-refractivity contribution in [2.24, 2.45) is 0 Å². The quantitative estimate of drug-likeness (QED) is 0.540. The lowest BCUT2D eigenvalue weighted by atomic mass is 10.2. The fraction of sp³-hybridized carbons (Fsp3) is 0.824. The number of carboxylic acid groups (broad SMARTS) is 1. The SMILES string of the molecule is CC(C)(C)[Si](C)(C)OC[C@H]1CCC(=O)N1CCNC(=O)CSCC(=O)O. The van der Waals surface area contributed by atoms with Gasteiger partial charge in [0.1, 0.15) is 0 Å². The van der Waals surface area contributed by atoms with Crippen LogP contribution in [0.25, 0.3) is 0 Å². The van der Waals surface area contributed by atoms with E-state index in [2.05, 4.69) is 39.2 Å². The molecule has 2 amide bonds. The third kappa shape index (κ3) is 7.28. The summed E-state index contributed by atoms with van der Waals surface area (Å²) in [5.41, 5.74) is 0. The van der Waals surface area contributed by atoms with Crippen molar-refractivity contribution in [2.45, 2.75) is 57.8 Å². The average molecular weight is 405 g/mol. The maximum Gasteiger partial charge on any atom is 0.313 e. The maximum atomic E-state index is 12.1. The van der Waals surface area contributed by atoms with Crippen molar-refractivity contribution < 1.29 is 23.9 Å².